The highest BCUT2D eigenvalue weighted by Gasteiger charge is 1.69. The molecule has 0 aromatic carbocycles. The average Bonchev–Trinajstić information content (AvgIpc) is 1.65. The molecule has 3 heteroatoms. The minimum absolute atomic E-state index is 0.167. The maximum atomic E-state index is 8.06. The van der Waals surface area contributed by atoms with E-state index < -0.39 is 0 Å². The Hall–Kier alpha value is 0.540. The normalized spacial score (nSPS) is 8.25. The van der Waals surface area contributed by atoms with Gasteiger partial charge in [0.15, 0.2) is 0 Å². The molecule has 0 unspecified atom stereocenters. The van der Waals surface area contributed by atoms with Crippen molar-refractivity contribution < 1.29 is 5.11 Å². The van der Waals surface area contributed by atoms with Crippen LogP contribution in [-0.4, -0.2) is 23.0 Å². The lowest BCUT2D eigenvalue weighted by Gasteiger charge is -1.80. The van der Waals surface area contributed by atoms with Gasteiger partial charge < -0.3 is 5.11 Å². The molecule has 0 rings (SSSR count). The van der Waals surface area contributed by atoms with Crippen LogP contribution in [0.25, 0.3) is 0 Å². The molecule has 0 saturated carbocycles. The maximum Gasteiger partial charge on any atom is 0.0483 e. The molecule has 0 aromatic rings. The molecule has 0 radical (unpaired) electrons. The third-order valence-corrected chi connectivity index (χ3v) is 0.643. The van der Waals surface area contributed by atoms with E-state index in [1.54, 1.807) is 13.8 Å². The number of hydrogen-bond donors (Lipinski definition) is 1. The van der Waals surface area contributed by atoms with Crippen molar-refractivity contribution in [1.29, 1.82) is 0 Å². The molecule has 0 aliphatic heterocycles. The molecule has 0 heterocycles. The van der Waals surface area contributed by atoms with Gasteiger partial charge in [0.05, 0.1) is 0 Å². The van der Waals surface area contributed by atoms with Crippen LogP contribution in [0.3, 0.4) is 0 Å². The third-order valence-electron chi connectivity index (χ3n) is 0.0714. The minimum atomic E-state index is -0.167. The number of rotatable bonds is 1. The second-order valence-electron chi connectivity index (χ2n) is 1.47. The second-order valence-corrected chi connectivity index (χ2v) is 2.23. The third kappa shape index (κ3) is 84.6. The first-order chi connectivity index (χ1) is 3.65. The first-order valence-corrected chi connectivity index (χ1v) is 3.52. The predicted octanol–water partition coefficient (Wildman–Crippen LogP) is 1.85. The fourth-order valence-corrected chi connectivity index (χ4v) is 0. The largest absolute Gasteiger partial charge is 0.394 e. The number of halogens is 2. The fraction of sp³-hybridized carbons (Fsp3) is 1.00. The van der Waals surface area contributed by atoms with Crippen LogP contribution in [0, 0.1) is 0 Å². The lowest BCUT2D eigenvalue weighted by molar-refractivity contribution is 0.216. The summed E-state index contributed by atoms with van der Waals surface area (Å²) in [6.07, 6.45) is -0.167. The average molecular weight is 159 g/mol. The molecule has 0 bridgehead atoms. The molecule has 0 atom stereocenters. The highest BCUT2D eigenvalue weighted by Crippen LogP contribution is 1.75. The zero-order chi connectivity index (χ0) is 6.99. The molecule has 1 N–H and O–H groups in total. The Morgan fingerprint density at radius 2 is 1.38 bits per heavy atom. The molecule has 0 spiro atoms. The lowest BCUT2D eigenvalue weighted by atomic mass is 10.5. The van der Waals surface area contributed by atoms with Gasteiger partial charge in [-0.25, -0.2) is 0 Å². The van der Waals surface area contributed by atoms with Crippen molar-refractivity contribution in [3.05, 3.63) is 0 Å². The van der Waals surface area contributed by atoms with Crippen LogP contribution < -0.4 is 0 Å². The molecule has 1 nitrogen and oxygen atoms in total. The summed E-state index contributed by atoms with van der Waals surface area (Å²) in [5.41, 5.74) is 0. The zero-order valence-electron chi connectivity index (χ0n) is 5.19. The van der Waals surface area contributed by atoms with Gasteiger partial charge in [0.25, 0.3) is 0 Å². The highest BCUT2D eigenvalue weighted by molar-refractivity contribution is 6.25. The van der Waals surface area contributed by atoms with E-state index in [9.17, 15) is 0 Å². The monoisotopic (exact) mass is 158 g/mol. The summed E-state index contributed by atoms with van der Waals surface area (Å²) in [7, 11) is 0. The van der Waals surface area contributed by atoms with E-state index in [1.807, 2.05) is 0 Å². The van der Waals surface area contributed by atoms with Crippen LogP contribution >= 0.6 is 23.2 Å². The summed E-state index contributed by atoms with van der Waals surface area (Å²) in [6, 6.07) is 0. The van der Waals surface area contributed by atoms with Gasteiger partial charge >= 0.3 is 0 Å². The molecule has 0 aliphatic rings. The summed E-state index contributed by atoms with van der Waals surface area (Å²) >= 11 is 10.1. The van der Waals surface area contributed by atoms with Gasteiger partial charge in [0, 0.05) is 17.9 Å². The molecule has 0 aromatic heterocycles. The number of aliphatic hydroxyl groups excluding tert-OH is 1. The van der Waals surface area contributed by atoms with Crippen LogP contribution in [0.15, 0.2) is 0 Å². The first-order valence-electron chi connectivity index (χ1n) is 2.45. The Kier molecular flexibility index (Phi) is 14.9. The van der Waals surface area contributed by atoms with Gasteiger partial charge in [0.1, 0.15) is 0 Å². The summed E-state index contributed by atoms with van der Waals surface area (Å²) in [4.78, 5) is 0. The molecule has 0 aliphatic carbocycles. The number of aliphatic hydroxyl groups is 1. The summed E-state index contributed by atoms with van der Waals surface area (Å²) in [5.74, 6) is 1.11. The van der Waals surface area contributed by atoms with E-state index in [0.717, 1.165) is 0 Å². The maximum absolute atomic E-state index is 8.06. The molecule has 52 valence electrons. The predicted molar refractivity (Wildman–Crippen MR) is 38.8 cm³/mol. The number of hydrogen-bond acceptors (Lipinski definition) is 1. The number of alkyl halides is 2. The van der Waals surface area contributed by atoms with Crippen molar-refractivity contribution in [2.45, 2.75) is 20.0 Å². The van der Waals surface area contributed by atoms with Gasteiger partial charge in [-0.2, -0.15) is 0 Å². The molecule has 0 fully saturated rings. The van der Waals surface area contributed by atoms with Crippen molar-refractivity contribution in [2.75, 3.05) is 11.8 Å². The first kappa shape index (κ1) is 11.4. The van der Waals surface area contributed by atoms with E-state index in [1.165, 1.54) is 0 Å². The molecule has 8 heavy (non-hydrogen) atoms. The quantitative estimate of drug-likeness (QED) is 0.579. The Labute approximate surface area is 60.6 Å². The SMILES string of the molecule is CC(C)O.ClCCCl. The van der Waals surface area contributed by atoms with E-state index in [4.69, 9.17) is 28.3 Å². The standard InChI is InChI=1S/C3H8O.C2H4Cl2/c1-3(2)4;3-1-2-4/h3-4H,1-2H3;1-2H2. The van der Waals surface area contributed by atoms with Crippen LogP contribution in [0.1, 0.15) is 13.8 Å². The van der Waals surface area contributed by atoms with Crippen LogP contribution in [0.2, 0.25) is 0 Å². The van der Waals surface area contributed by atoms with Crippen molar-refractivity contribution in [3.8, 4) is 0 Å². The Bertz CT molecular complexity index is 26.9. The lowest BCUT2D eigenvalue weighted by Crippen LogP contribution is -1.85. The van der Waals surface area contributed by atoms with Crippen molar-refractivity contribution in [2.24, 2.45) is 0 Å². The molecule has 0 saturated heterocycles. The van der Waals surface area contributed by atoms with Gasteiger partial charge in [-0.3, -0.25) is 0 Å². The van der Waals surface area contributed by atoms with Gasteiger partial charge in [-0.15, -0.1) is 23.2 Å². The Morgan fingerprint density at radius 3 is 1.38 bits per heavy atom. The fourth-order valence-electron chi connectivity index (χ4n) is 0. The van der Waals surface area contributed by atoms with Crippen LogP contribution in [-0.2, 0) is 0 Å². The summed E-state index contributed by atoms with van der Waals surface area (Å²) in [6.45, 7) is 3.44. The van der Waals surface area contributed by atoms with Gasteiger partial charge in [-0.1, -0.05) is 0 Å². The molecular weight excluding hydrogens is 147 g/mol. The van der Waals surface area contributed by atoms with Crippen LogP contribution in [0.5, 0.6) is 0 Å². The van der Waals surface area contributed by atoms with Gasteiger partial charge in [-0.05, 0) is 13.8 Å². The Balaban J connectivity index is 0. The summed E-state index contributed by atoms with van der Waals surface area (Å²) < 4.78 is 0. The minimum Gasteiger partial charge on any atom is -0.394 e. The van der Waals surface area contributed by atoms with E-state index >= 15 is 0 Å². The van der Waals surface area contributed by atoms with Crippen LogP contribution in [0.4, 0.5) is 0 Å². The zero-order valence-corrected chi connectivity index (χ0v) is 6.71. The highest BCUT2D eigenvalue weighted by atomic mass is 35.5. The van der Waals surface area contributed by atoms with Crippen molar-refractivity contribution in [3.63, 3.8) is 0 Å². The molecule has 0 amide bonds. The van der Waals surface area contributed by atoms with E-state index in [2.05, 4.69) is 0 Å². The van der Waals surface area contributed by atoms with Gasteiger partial charge in [0.2, 0.25) is 0 Å². The van der Waals surface area contributed by atoms with Crippen molar-refractivity contribution >= 4 is 23.2 Å². The summed E-state index contributed by atoms with van der Waals surface area (Å²) in [5, 5.41) is 8.06. The van der Waals surface area contributed by atoms with E-state index in [0.29, 0.717) is 11.8 Å². The smallest absolute Gasteiger partial charge is 0.0483 e. The molecular formula is C5H12Cl2O. The topological polar surface area (TPSA) is 20.2 Å². The van der Waals surface area contributed by atoms with Crippen molar-refractivity contribution in [1.82, 2.24) is 0 Å². The Morgan fingerprint density at radius 1 is 1.25 bits per heavy atom. The van der Waals surface area contributed by atoms with E-state index in [-0.39, 0.29) is 6.10 Å². The second kappa shape index (κ2) is 10.5.